The topological polar surface area (TPSA) is 41.1 Å². The van der Waals surface area contributed by atoms with Crippen molar-refractivity contribution in [3.8, 4) is 0 Å². The molecule has 0 bridgehead atoms. The average Bonchev–Trinajstić information content (AvgIpc) is 2.86. The Kier molecular flexibility index (Phi) is 6.29. The van der Waals surface area contributed by atoms with Crippen LogP contribution in [0, 0.1) is 5.92 Å². The molecule has 1 aliphatic heterocycles. The van der Waals surface area contributed by atoms with Crippen LogP contribution < -0.4 is 10.2 Å². The van der Waals surface area contributed by atoms with Crippen molar-refractivity contribution in [2.24, 2.45) is 5.92 Å². The summed E-state index contributed by atoms with van der Waals surface area (Å²) in [6.45, 7) is 2.88. The van der Waals surface area contributed by atoms with Crippen LogP contribution in [0.5, 0.6) is 0 Å². The first kappa shape index (κ1) is 20.5. The lowest BCUT2D eigenvalue weighted by atomic mass is 9.90. The van der Waals surface area contributed by atoms with E-state index in [1.807, 2.05) is 0 Å². The van der Waals surface area contributed by atoms with Gasteiger partial charge in [-0.2, -0.15) is 4.98 Å². The molecule has 32 heavy (non-hydrogen) atoms. The molecule has 4 nitrogen and oxygen atoms in total. The molecule has 4 aromatic rings. The normalized spacial score (nSPS) is 14.6. The van der Waals surface area contributed by atoms with Crippen molar-refractivity contribution in [2.75, 3.05) is 29.9 Å². The Hall–Kier alpha value is -3.40. The molecule has 1 saturated heterocycles. The van der Waals surface area contributed by atoms with Gasteiger partial charge in [-0.25, -0.2) is 4.98 Å². The van der Waals surface area contributed by atoms with Gasteiger partial charge in [0.15, 0.2) is 0 Å². The maximum Gasteiger partial charge on any atom is 0.227 e. The van der Waals surface area contributed by atoms with Crippen molar-refractivity contribution in [1.29, 1.82) is 0 Å². The fraction of sp³-hybridized carbons (Fsp3) is 0.286. The highest BCUT2D eigenvalue weighted by Gasteiger charge is 2.22. The Balaban J connectivity index is 1.28. The van der Waals surface area contributed by atoms with Gasteiger partial charge >= 0.3 is 0 Å². The van der Waals surface area contributed by atoms with Crippen LogP contribution in [0.15, 0.2) is 84.9 Å². The van der Waals surface area contributed by atoms with Gasteiger partial charge in [-0.3, -0.25) is 0 Å². The van der Waals surface area contributed by atoms with E-state index < -0.39 is 0 Å². The predicted octanol–water partition coefficient (Wildman–Crippen LogP) is 5.74. The minimum Gasteiger partial charge on any atom is -0.369 e. The Morgan fingerprint density at radius 3 is 2.16 bits per heavy atom. The first-order valence-electron chi connectivity index (χ1n) is 11.7. The van der Waals surface area contributed by atoms with Crippen LogP contribution in [0.4, 0.5) is 11.8 Å². The van der Waals surface area contributed by atoms with Gasteiger partial charge in [-0.1, -0.05) is 72.8 Å². The molecule has 1 aromatic heterocycles. The summed E-state index contributed by atoms with van der Waals surface area (Å²) in [7, 11) is 0. The number of piperidine rings is 1. The molecule has 5 rings (SSSR count). The number of nitrogens with one attached hydrogen (secondary N) is 1. The molecular weight excluding hydrogens is 392 g/mol. The van der Waals surface area contributed by atoms with Crippen molar-refractivity contribution in [2.45, 2.75) is 25.7 Å². The quantitative estimate of drug-likeness (QED) is 0.412. The number of hydrogen-bond acceptors (Lipinski definition) is 4. The van der Waals surface area contributed by atoms with Gasteiger partial charge in [0.1, 0.15) is 5.82 Å². The lowest BCUT2D eigenvalue weighted by Crippen LogP contribution is -2.35. The van der Waals surface area contributed by atoms with E-state index in [4.69, 9.17) is 9.97 Å². The lowest BCUT2D eigenvalue weighted by Gasteiger charge is -2.32. The minimum atomic E-state index is 0.734. The molecule has 0 atom stereocenters. The Bertz CT molecular complexity index is 1140. The Morgan fingerprint density at radius 1 is 0.750 bits per heavy atom. The summed E-state index contributed by atoms with van der Waals surface area (Å²) in [5.74, 6) is 2.52. The highest BCUT2D eigenvalue weighted by Crippen LogP contribution is 2.28. The van der Waals surface area contributed by atoms with Crippen molar-refractivity contribution in [3.05, 3.63) is 96.1 Å². The Labute approximate surface area is 190 Å². The molecule has 0 amide bonds. The second-order valence-electron chi connectivity index (χ2n) is 8.67. The van der Waals surface area contributed by atoms with E-state index in [9.17, 15) is 0 Å². The van der Waals surface area contributed by atoms with Crippen molar-refractivity contribution in [1.82, 2.24) is 9.97 Å². The monoisotopic (exact) mass is 422 g/mol. The van der Waals surface area contributed by atoms with Crippen LogP contribution in [0.3, 0.4) is 0 Å². The summed E-state index contributed by atoms with van der Waals surface area (Å²) in [5, 5.41) is 4.67. The zero-order valence-electron chi connectivity index (χ0n) is 18.5. The van der Waals surface area contributed by atoms with Crippen molar-refractivity contribution >= 4 is 22.7 Å². The van der Waals surface area contributed by atoms with E-state index in [1.54, 1.807) is 0 Å². The van der Waals surface area contributed by atoms with Gasteiger partial charge in [0.05, 0.1) is 5.52 Å². The summed E-state index contributed by atoms with van der Waals surface area (Å²) < 4.78 is 0. The zero-order chi connectivity index (χ0) is 21.6. The molecule has 0 aliphatic carbocycles. The van der Waals surface area contributed by atoms with Gasteiger partial charge in [0, 0.05) is 25.0 Å². The number of anilines is 2. The highest BCUT2D eigenvalue weighted by molar-refractivity contribution is 5.90. The Morgan fingerprint density at radius 2 is 1.41 bits per heavy atom. The van der Waals surface area contributed by atoms with Crippen molar-refractivity contribution < 1.29 is 0 Å². The van der Waals surface area contributed by atoms with Gasteiger partial charge in [-0.05, 0) is 54.9 Å². The van der Waals surface area contributed by atoms with E-state index in [-0.39, 0.29) is 0 Å². The summed E-state index contributed by atoms with van der Waals surface area (Å²) in [5.41, 5.74) is 3.78. The largest absolute Gasteiger partial charge is 0.369 e. The number of benzene rings is 3. The van der Waals surface area contributed by atoms with Crippen LogP contribution in [0.1, 0.15) is 24.0 Å². The van der Waals surface area contributed by atoms with E-state index in [2.05, 4.69) is 95.1 Å². The molecule has 162 valence electrons. The molecule has 0 unspecified atom stereocenters. The first-order chi connectivity index (χ1) is 15.8. The third-order valence-corrected chi connectivity index (χ3v) is 6.40. The number of para-hydroxylation sites is 1. The van der Waals surface area contributed by atoms with Crippen LogP contribution >= 0.6 is 0 Å². The molecule has 2 heterocycles. The lowest BCUT2D eigenvalue weighted by molar-refractivity contribution is 0.401. The molecule has 3 aromatic carbocycles. The van der Waals surface area contributed by atoms with Crippen LogP contribution in [0.2, 0.25) is 0 Å². The second kappa shape index (κ2) is 9.82. The molecule has 0 radical (unpaired) electrons. The average molecular weight is 423 g/mol. The number of rotatable bonds is 7. The SMILES string of the molecule is c1ccc(CCNc2nc(N3CCC(Cc4ccccc4)CC3)nc3ccccc23)cc1. The maximum absolute atomic E-state index is 4.97. The third kappa shape index (κ3) is 4.91. The molecule has 1 aliphatic rings. The van der Waals surface area contributed by atoms with Crippen molar-refractivity contribution in [3.63, 3.8) is 0 Å². The fourth-order valence-corrected chi connectivity index (χ4v) is 4.59. The predicted molar refractivity (Wildman–Crippen MR) is 133 cm³/mol. The smallest absolute Gasteiger partial charge is 0.227 e. The molecule has 1 N–H and O–H groups in total. The maximum atomic E-state index is 4.97. The van der Waals surface area contributed by atoms with Gasteiger partial charge in [0.2, 0.25) is 5.95 Å². The summed E-state index contributed by atoms with van der Waals surface area (Å²) in [4.78, 5) is 12.2. The summed E-state index contributed by atoms with van der Waals surface area (Å²) in [6.07, 6.45) is 4.50. The van der Waals surface area contributed by atoms with E-state index >= 15 is 0 Å². The van der Waals surface area contributed by atoms with E-state index in [0.29, 0.717) is 0 Å². The van der Waals surface area contributed by atoms with Crippen LogP contribution in [-0.2, 0) is 12.8 Å². The third-order valence-electron chi connectivity index (χ3n) is 6.40. The van der Waals surface area contributed by atoms with Gasteiger partial charge in [0.25, 0.3) is 0 Å². The number of hydrogen-bond donors (Lipinski definition) is 1. The summed E-state index contributed by atoms with van der Waals surface area (Å²) >= 11 is 0. The van der Waals surface area contributed by atoms with E-state index in [1.165, 1.54) is 30.4 Å². The summed E-state index contributed by atoms with van der Waals surface area (Å²) in [6, 6.07) is 29.7. The number of aromatic nitrogens is 2. The van der Waals surface area contributed by atoms with Crippen LogP contribution in [-0.4, -0.2) is 29.6 Å². The fourth-order valence-electron chi connectivity index (χ4n) is 4.59. The molecule has 1 fully saturated rings. The second-order valence-corrected chi connectivity index (χ2v) is 8.67. The first-order valence-corrected chi connectivity index (χ1v) is 11.7. The zero-order valence-corrected chi connectivity index (χ0v) is 18.5. The molecule has 0 spiro atoms. The molecule has 0 saturated carbocycles. The standard InChI is InChI=1S/C28H30N4/c1-3-9-22(10-4-1)15-18-29-27-25-13-7-8-14-26(25)30-28(31-27)32-19-16-24(17-20-32)21-23-11-5-2-6-12-23/h1-14,24H,15-21H2,(H,29,30,31). The minimum absolute atomic E-state index is 0.734. The van der Waals surface area contributed by atoms with E-state index in [0.717, 1.165) is 54.6 Å². The molecular formula is C28H30N4. The number of nitrogens with zero attached hydrogens (tertiary/aromatic N) is 3. The van der Waals surface area contributed by atoms with Crippen LogP contribution in [0.25, 0.3) is 10.9 Å². The number of fused-ring (bicyclic) bond motifs is 1. The highest BCUT2D eigenvalue weighted by atomic mass is 15.3. The van der Waals surface area contributed by atoms with Gasteiger partial charge < -0.3 is 10.2 Å². The van der Waals surface area contributed by atoms with Gasteiger partial charge in [-0.15, -0.1) is 0 Å². The molecule has 4 heteroatoms.